The topological polar surface area (TPSA) is 66.4 Å². The molecule has 0 aliphatic rings. The number of halogens is 2. The third-order valence-electron chi connectivity index (χ3n) is 0.959. The first kappa shape index (κ1) is 11.4. The molecule has 1 atom stereocenters. The summed E-state index contributed by atoms with van der Waals surface area (Å²) in [6.07, 6.45) is 0.394. The molecule has 0 aliphatic carbocycles. The van der Waals surface area contributed by atoms with Crippen molar-refractivity contribution in [2.24, 2.45) is 0 Å². The van der Waals surface area contributed by atoms with Crippen molar-refractivity contribution in [2.45, 2.75) is 12.5 Å². The standard InChI is InChI=1S/C4H9Cl2NO3S/c5-2-1-4(3-6)7-11(8,9)10/h4,7H,1-3H2,(H,8,9,10). The van der Waals surface area contributed by atoms with Crippen molar-refractivity contribution in [2.75, 3.05) is 11.8 Å². The predicted octanol–water partition coefficient (Wildman–Crippen LogP) is 0.615. The minimum absolute atomic E-state index is 0.0898. The van der Waals surface area contributed by atoms with Crippen LogP contribution in [0.1, 0.15) is 6.42 Å². The van der Waals surface area contributed by atoms with Crippen LogP contribution in [0, 0.1) is 0 Å². The highest BCUT2D eigenvalue weighted by atomic mass is 35.5. The number of hydrogen-bond acceptors (Lipinski definition) is 2. The van der Waals surface area contributed by atoms with E-state index in [0.717, 1.165) is 0 Å². The number of alkyl halides is 2. The second-order valence-electron chi connectivity index (χ2n) is 1.92. The Morgan fingerprint density at radius 3 is 2.27 bits per heavy atom. The minimum Gasteiger partial charge on any atom is -0.273 e. The molecule has 0 heterocycles. The Labute approximate surface area is 75.8 Å². The molecule has 1 unspecified atom stereocenters. The fraction of sp³-hybridized carbons (Fsp3) is 1.00. The Kier molecular flexibility index (Phi) is 5.37. The van der Waals surface area contributed by atoms with Crippen LogP contribution in [0.2, 0.25) is 0 Å². The molecule has 0 aromatic heterocycles. The number of hydrogen-bond donors (Lipinski definition) is 2. The summed E-state index contributed by atoms with van der Waals surface area (Å²) in [5.74, 6) is 0.381. The summed E-state index contributed by atoms with van der Waals surface area (Å²) in [4.78, 5) is 0. The Balaban J connectivity index is 3.88. The molecule has 0 saturated carbocycles. The van der Waals surface area contributed by atoms with Gasteiger partial charge in [0.1, 0.15) is 0 Å². The lowest BCUT2D eigenvalue weighted by Gasteiger charge is -2.10. The largest absolute Gasteiger partial charge is 0.333 e. The van der Waals surface area contributed by atoms with Crippen LogP contribution in [-0.4, -0.2) is 30.8 Å². The maximum atomic E-state index is 10.2. The van der Waals surface area contributed by atoms with E-state index in [9.17, 15) is 8.42 Å². The van der Waals surface area contributed by atoms with Gasteiger partial charge in [-0.15, -0.1) is 23.2 Å². The highest BCUT2D eigenvalue weighted by Crippen LogP contribution is 1.98. The van der Waals surface area contributed by atoms with Gasteiger partial charge in [0.25, 0.3) is 0 Å². The molecule has 7 heteroatoms. The van der Waals surface area contributed by atoms with Crippen LogP contribution < -0.4 is 4.72 Å². The van der Waals surface area contributed by atoms with Crippen molar-refractivity contribution in [3.05, 3.63) is 0 Å². The predicted molar refractivity (Wildman–Crippen MR) is 44.5 cm³/mol. The van der Waals surface area contributed by atoms with Gasteiger partial charge in [-0.05, 0) is 6.42 Å². The van der Waals surface area contributed by atoms with E-state index < -0.39 is 16.3 Å². The maximum Gasteiger partial charge on any atom is 0.333 e. The molecule has 0 aromatic carbocycles. The van der Waals surface area contributed by atoms with Gasteiger partial charge in [0.15, 0.2) is 0 Å². The summed E-state index contributed by atoms with van der Waals surface area (Å²) in [6.45, 7) is 0. The van der Waals surface area contributed by atoms with Crippen LogP contribution in [0.5, 0.6) is 0 Å². The Morgan fingerprint density at radius 2 is 2.00 bits per heavy atom. The molecule has 0 aromatic rings. The van der Waals surface area contributed by atoms with Crippen molar-refractivity contribution >= 4 is 33.5 Å². The van der Waals surface area contributed by atoms with Crippen LogP contribution in [0.25, 0.3) is 0 Å². The van der Waals surface area contributed by atoms with Gasteiger partial charge < -0.3 is 0 Å². The molecule has 0 fully saturated rings. The van der Waals surface area contributed by atoms with Crippen LogP contribution in [-0.2, 0) is 10.3 Å². The third kappa shape index (κ3) is 6.83. The molecule has 0 aliphatic heterocycles. The van der Waals surface area contributed by atoms with Gasteiger partial charge >= 0.3 is 10.3 Å². The van der Waals surface area contributed by atoms with Crippen molar-refractivity contribution in [1.29, 1.82) is 0 Å². The van der Waals surface area contributed by atoms with Gasteiger partial charge in [-0.25, -0.2) is 0 Å². The van der Waals surface area contributed by atoms with Crippen LogP contribution in [0.4, 0.5) is 0 Å². The van der Waals surface area contributed by atoms with E-state index in [1.54, 1.807) is 0 Å². The van der Waals surface area contributed by atoms with Gasteiger partial charge in [-0.2, -0.15) is 13.1 Å². The smallest absolute Gasteiger partial charge is 0.273 e. The molecule has 4 nitrogen and oxygen atoms in total. The normalized spacial score (nSPS) is 14.8. The average molecular weight is 222 g/mol. The molecule has 0 rings (SSSR count). The maximum absolute atomic E-state index is 10.2. The van der Waals surface area contributed by atoms with E-state index in [4.69, 9.17) is 27.8 Å². The number of nitrogens with one attached hydrogen (secondary N) is 1. The summed E-state index contributed by atoms with van der Waals surface area (Å²) < 4.78 is 30.7. The zero-order chi connectivity index (χ0) is 8.91. The molecule has 0 amide bonds. The molecular weight excluding hydrogens is 213 g/mol. The SMILES string of the molecule is O=S(=O)(O)NC(CCl)CCCl. The van der Waals surface area contributed by atoms with E-state index in [2.05, 4.69) is 0 Å². The van der Waals surface area contributed by atoms with E-state index >= 15 is 0 Å². The first-order chi connectivity index (χ1) is 4.99. The molecule has 2 N–H and O–H groups in total. The van der Waals surface area contributed by atoms with Crippen molar-refractivity contribution in [3.8, 4) is 0 Å². The fourth-order valence-corrected chi connectivity index (χ4v) is 1.72. The second-order valence-corrected chi connectivity index (χ2v) is 3.79. The first-order valence-corrected chi connectivity index (χ1v) is 5.37. The van der Waals surface area contributed by atoms with E-state index in [1.807, 2.05) is 4.72 Å². The van der Waals surface area contributed by atoms with Gasteiger partial charge in [-0.1, -0.05) is 0 Å². The molecule has 11 heavy (non-hydrogen) atoms. The highest BCUT2D eigenvalue weighted by Gasteiger charge is 2.12. The fourth-order valence-electron chi connectivity index (χ4n) is 0.510. The van der Waals surface area contributed by atoms with Crippen molar-refractivity contribution in [1.82, 2.24) is 4.72 Å². The summed E-state index contributed by atoms with van der Waals surface area (Å²) in [7, 11) is -4.15. The van der Waals surface area contributed by atoms with Crippen molar-refractivity contribution < 1.29 is 13.0 Å². The van der Waals surface area contributed by atoms with E-state index in [0.29, 0.717) is 12.3 Å². The van der Waals surface area contributed by atoms with Crippen LogP contribution in [0.15, 0.2) is 0 Å². The molecule has 0 radical (unpaired) electrons. The second kappa shape index (κ2) is 5.16. The lowest BCUT2D eigenvalue weighted by molar-refractivity contribution is 0.454. The van der Waals surface area contributed by atoms with Gasteiger partial charge in [0.2, 0.25) is 0 Å². The quantitative estimate of drug-likeness (QED) is 0.529. The van der Waals surface area contributed by atoms with Gasteiger partial charge in [0.05, 0.1) is 0 Å². The summed E-state index contributed by atoms with van der Waals surface area (Å²) >= 11 is 10.7. The Hall–Kier alpha value is 0.450. The van der Waals surface area contributed by atoms with E-state index in [-0.39, 0.29) is 5.88 Å². The lowest BCUT2D eigenvalue weighted by Crippen LogP contribution is -2.35. The van der Waals surface area contributed by atoms with Gasteiger partial charge in [-0.3, -0.25) is 4.55 Å². The monoisotopic (exact) mass is 221 g/mol. The average Bonchev–Trinajstić information content (AvgIpc) is 1.84. The summed E-state index contributed by atoms with van der Waals surface area (Å²) in [6, 6.07) is -0.496. The third-order valence-corrected chi connectivity index (χ3v) is 2.18. The van der Waals surface area contributed by atoms with Crippen molar-refractivity contribution in [3.63, 3.8) is 0 Å². The van der Waals surface area contributed by atoms with Crippen LogP contribution in [0.3, 0.4) is 0 Å². The molecule has 0 bridgehead atoms. The zero-order valence-corrected chi connectivity index (χ0v) is 7.95. The summed E-state index contributed by atoms with van der Waals surface area (Å²) in [5, 5.41) is 0. The van der Waals surface area contributed by atoms with E-state index in [1.165, 1.54) is 0 Å². The molecule has 0 spiro atoms. The molecule has 0 saturated heterocycles. The minimum atomic E-state index is -4.15. The number of rotatable bonds is 5. The molecule has 68 valence electrons. The summed E-state index contributed by atoms with van der Waals surface area (Å²) in [5.41, 5.74) is 0. The Morgan fingerprint density at radius 1 is 1.45 bits per heavy atom. The van der Waals surface area contributed by atoms with Crippen LogP contribution >= 0.6 is 23.2 Å². The van der Waals surface area contributed by atoms with Gasteiger partial charge in [0, 0.05) is 17.8 Å². The Bertz CT molecular complexity index is 194. The first-order valence-electron chi connectivity index (χ1n) is 2.86. The lowest BCUT2D eigenvalue weighted by atomic mass is 10.3. The molecular formula is C4H9Cl2NO3S. The highest BCUT2D eigenvalue weighted by molar-refractivity contribution is 7.83. The zero-order valence-electron chi connectivity index (χ0n) is 5.63.